The molecule has 1 aromatic rings. The molecular formula is C10H13BO3. The molecule has 0 bridgehead atoms. The lowest BCUT2D eigenvalue weighted by Gasteiger charge is -2.09. The van der Waals surface area contributed by atoms with Crippen molar-refractivity contribution in [2.45, 2.75) is 6.92 Å². The van der Waals surface area contributed by atoms with Gasteiger partial charge in [0.15, 0.2) is 0 Å². The molecule has 0 unspecified atom stereocenters. The van der Waals surface area contributed by atoms with Gasteiger partial charge in [-0.1, -0.05) is 24.3 Å². The highest BCUT2D eigenvalue weighted by Crippen LogP contribution is 2.16. The second-order valence-corrected chi connectivity index (χ2v) is 3.11. The van der Waals surface area contributed by atoms with Crippen LogP contribution in [0.3, 0.4) is 0 Å². The van der Waals surface area contributed by atoms with Crippen molar-refractivity contribution in [3.8, 4) is 5.75 Å². The first-order chi connectivity index (χ1) is 6.56. The van der Waals surface area contributed by atoms with Crippen LogP contribution in [0.4, 0.5) is 0 Å². The third-order valence-corrected chi connectivity index (χ3v) is 2.00. The Balaban J connectivity index is 3.18. The standard InChI is InChI=1S/C10H13BO3/c1-7(2)8-4-5-9(11(12)13)10(6-8)14-3/h4-6,12-13H,1H2,2-3H3. The maximum absolute atomic E-state index is 9.02. The summed E-state index contributed by atoms with van der Waals surface area (Å²) in [6.07, 6.45) is 0. The third kappa shape index (κ3) is 2.16. The van der Waals surface area contributed by atoms with Gasteiger partial charge in [0.2, 0.25) is 0 Å². The van der Waals surface area contributed by atoms with Crippen LogP contribution in [0.5, 0.6) is 5.75 Å². The highest BCUT2D eigenvalue weighted by molar-refractivity contribution is 6.59. The van der Waals surface area contributed by atoms with Crippen molar-refractivity contribution in [3.63, 3.8) is 0 Å². The van der Waals surface area contributed by atoms with Crippen molar-refractivity contribution < 1.29 is 14.8 Å². The fourth-order valence-electron chi connectivity index (χ4n) is 1.19. The van der Waals surface area contributed by atoms with Crippen molar-refractivity contribution >= 4 is 18.2 Å². The molecule has 0 atom stereocenters. The molecule has 0 spiro atoms. The topological polar surface area (TPSA) is 49.7 Å². The minimum Gasteiger partial charge on any atom is -0.497 e. The molecule has 0 radical (unpaired) electrons. The minimum absolute atomic E-state index is 0.359. The number of rotatable bonds is 3. The van der Waals surface area contributed by atoms with Crippen LogP contribution in [-0.2, 0) is 0 Å². The van der Waals surface area contributed by atoms with Gasteiger partial charge < -0.3 is 14.8 Å². The van der Waals surface area contributed by atoms with Gasteiger partial charge >= 0.3 is 7.12 Å². The van der Waals surface area contributed by atoms with Gasteiger partial charge in [-0.05, 0) is 18.6 Å². The molecule has 1 aromatic carbocycles. The second kappa shape index (κ2) is 4.31. The number of hydrogen-bond acceptors (Lipinski definition) is 3. The summed E-state index contributed by atoms with van der Waals surface area (Å²) in [5.74, 6) is 0.459. The van der Waals surface area contributed by atoms with E-state index in [-0.39, 0.29) is 0 Å². The fraction of sp³-hybridized carbons (Fsp3) is 0.200. The number of methoxy groups -OCH3 is 1. The molecule has 3 nitrogen and oxygen atoms in total. The smallest absolute Gasteiger partial charge is 0.492 e. The summed E-state index contributed by atoms with van der Waals surface area (Å²) in [7, 11) is -0.0206. The summed E-state index contributed by atoms with van der Waals surface area (Å²) in [5.41, 5.74) is 2.19. The molecule has 2 N–H and O–H groups in total. The van der Waals surface area contributed by atoms with Crippen molar-refractivity contribution in [2.75, 3.05) is 7.11 Å². The van der Waals surface area contributed by atoms with Crippen LogP contribution < -0.4 is 10.2 Å². The normalized spacial score (nSPS) is 9.71. The molecule has 14 heavy (non-hydrogen) atoms. The molecule has 0 aliphatic rings. The highest BCUT2D eigenvalue weighted by Gasteiger charge is 2.16. The van der Waals surface area contributed by atoms with E-state index in [2.05, 4.69) is 6.58 Å². The highest BCUT2D eigenvalue weighted by atomic mass is 16.5. The van der Waals surface area contributed by atoms with E-state index in [1.54, 1.807) is 18.2 Å². The van der Waals surface area contributed by atoms with Crippen LogP contribution >= 0.6 is 0 Å². The van der Waals surface area contributed by atoms with E-state index in [0.29, 0.717) is 11.2 Å². The third-order valence-electron chi connectivity index (χ3n) is 2.00. The first-order valence-electron chi connectivity index (χ1n) is 4.26. The molecule has 74 valence electrons. The van der Waals surface area contributed by atoms with Crippen molar-refractivity contribution in [1.29, 1.82) is 0 Å². The van der Waals surface area contributed by atoms with Crippen LogP contribution in [-0.4, -0.2) is 24.3 Å². The molecule has 0 aliphatic carbocycles. The van der Waals surface area contributed by atoms with Crippen molar-refractivity contribution in [3.05, 3.63) is 30.3 Å². The van der Waals surface area contributed by atoms with E-state index >= 15 is 0 Å². The van der Waals surface area contributed by atoms with Crippen LogP contribution in [0.2, 0.25) is 0 Å². The van der Waals surface area contributed by atoms with Gasteiger partial charge in [-0.25, -0.2) is 0 Å². The predicted molar refractivity (Wildman–Crippen MR) is 57.5 cm³/mol. The Hall–Kier alpha value is -1.26. The molecule has 0 saturated carbocycles. The molecule has 0 saturated heterocycles. The molecule has 0 fully saturated rings. The SMILES string of the molecule is C=C(C)c1ccc(B(O)O)c(OC)c1. The lowest BCUT2D eigenvalue weighted by molar-refractivity contribution is 0.403. The zero-order valence-corrected chi connectivity index (χ0v) is 8.32. The molecule has 1 rings (SSSR count). The van der Waals surface area contributed by atoms with Crippen LogP contribution in [0.1, 0.15) is 12.5 Å². The first-order valence-corrected chi connectivity index (χ1v) is 4.26. The maximum Gasteiger partial charge on any atom is 0.492 e. The second-order valence-electron chi connectivity index (χ2n) is 3.11. The minimum atomic E-state index is -1.51. The lowest BCUT2D eigenvalue weighted by Crippen LogP contribution is -2.31. The largest absolute Gasteiger partial charge is 0.497 e. The maximum atomic E-state index is 9.02. The van der Waals surface area contributed by atoms with E-state index in [4.69, 9.17) is 14.8 Å². The van der Waals surface area contributed by atoms with Gasteiger partial charge in [-0.2, -0.15) is 0 Å². The molecule has 0 aromatic heterocycles. The van der Waals surface area contributed by atoms with Crippen molar-refractivity contribution in [2.24, 2.45) is 0 Å². The first kappa shape index (κ1) is 10.8. The average molecular weight is 192 g/mol. The van der Waals surface area contributed by atoms with E-state index < -0.39 is 7.12 Å². The predicted octanol–water partition coefficient (Wildman–Crippen LogP) is 0.408. The van der Waals surface area contributed by atoms with Crippen LogP contribution in [0.25, 0.3) is 5.57 Å². The van der Waals surface area contributed by atoms with Gasteiger partial charge in [0, 0.05) is 5.46 Å². The summed E-state index contributed by atoms with van der Waals surface area (Å²) in [6, 6.07) is 5.13. The van der Waals surface area contributed by atoms with E-state index in [9.17, 15) is 0 Å². The van der Waals surface area contributed by atoms with Gasteiger partial charge in [-0.15, -0.1) is 0 Å². The molecule has 0 heterocycles. The Morgan fingerprint density at radius 3 is 2.50 bits per heavy atom. The number of benzene rings is 1. The number of hydrogen-bond donors (Lipinski definition) is 2. The van der Waals surface area contributed by atoms with E-state index in [1.807, 2.05) is 6.92 Å². The molecule has 4 heteroatoms. The fourth-order valence-corrected chi connectivity index (χ4v) is 1.19. The average Bonchev–Trinajstić information content (AvgIpc) is 2.16. The Morgan fingerprint density at radius 2 is 2.07 bits per heavy atom. The molecular weight excluding hydrogens is 179 g/mol. The number of ether oxygens (including phenoxy) is 1. The summed E-state index contributed by atoms with van der Waals surface area (Å²) in [5, 5.41) is 18.0. The zero-order chi connectivity index (χ0) is 10.7. The molecule has 0 aliphatic heterocycles. The summed E-state index contributed by atoms with van der Waals surface area (Å²) in [4.78, 5) is 0. The van der Waals surface area contributed by atoms with Gasteiger partial charge in [0.05, 0.1) is 7.11 Å². The quantitative estimate of drug-likeness (QED) is 0.681. The monoisotopic (exact) mass is 192 g/mol. The Labute approximate surface area is 83.8 Å². The van der Waals surface area contributed by atoms with Crippen LogP contribution in [0, 0.1) is 0 Å². The zero-order valence-electron chi connectivity index (χ0n) is 8.32. The Morgan fingerprint density at radius 1 is 1.43 bits per heavy atom. The molecule has 0 amide bonds. The summed E-state index contributed by atoms with van der Waals surface area (Å²) >= 11 is 0. The van der Waals surface area contributed by atoms with Gasteiger partial charge in [0.1, 0.15) is 5.75 Å². The lowest BCUT2D eigenvalue weighted by atomic mass is 9.79. The Kier molecular flexibility index (Phi) is 3.33. The Bertz CT molecular complexity index is 347. The van der Waals surface area contributed by atoms with Crippen LogP contribution in [0.15, 0.2) is 24.8 Å². The van der Waals surface area contributed by atoms with E-state index in [0.717, 1.165) is 11.1 Å². The van der Waals surface area contributed by atoms with Gasteiger partial charge in [0.25, 0.3) is 0 Å². The van der Waals surface area contributed by atoms with Crippen molar-refractivity contribution in [1.82, 2.24) is 0 Å². The van der Waals surface area contributed by atoms with Gasteiger partial charge in [-0.3, -0.25) is 0 Å². The summed E-state index contributed by atoms with van der Waals surface area (Å²) in [6.45, 7) is 5.67. The van der Waals surface area contributed by atoms with E-state index in [1.165, 1.54) is 7.11 Å². The summed E-state index contributed by atoms with van der Waals surface area (Å²) < 4.78 is 5.04. The number of allylic oxidation sites excluding steroid dienone is 1.